The maximum Gasteiger partial charge on any atom is 0.264 e. The predicted octanol–water partition coefficient (Wildman–Crippen LogP) is 2.63. The van der Waals surface area contributed by atoms with Crippen LogP contribution in [0.25, 0.3) is 5.57 Å². The van der Waals surface area contributed by atoms with E-state index in [9.17, 15) is 22.8 Å². The Morgan fingerprint density at radius 2 is 1.62 bits per heavy atom. The van der Waals surface area contributed by atoms with Crippen LogP contribution in [0, 0.1) is 5.92 Å². The third-order valence-corrected chi connectivity index (χ3v) is 6.92. The smallest absolute Gasteiger partial charge is 0.264 e. The van der Waals surface area contributed by atoms with Crippen molar-refractivity contribution in [1.29, 1.82) is 0 Å². The molecule has 29 heavy (non-hydrogen) atoms. The van der Waals surface area contributed by atoms with Crippen molar-refractivity contribution in [2.24, 2.45) is 5.92 Å². The van der Waals surface area contributed by atoms with E-state index < -0.39 is 33.5 Å². The van der Waals surface area contributed by atoms with Crippen LogP contribution in [0.5, 0.6) is 0 Å². The minimum absolute atomic E-state index is 0.00422. The first-order valence-electron chi connectivity index (χ1n) is 8.99. The standard InChI is InChI=1S/C22H17NO5S/c1-14(24)15-7-9-17(10-8-15)29(27,28)23-13-18(16-5-3-2-4-6-16)21-19(23)11-12-20(25)22(21)26/h2-13,19,21H,1H3. The van der Waals surface area contributed by atoms with E-state index in [1.54, 1.807) is 24.3 Å². The molecule has 0 saturated carbocycles. The number of Topliss-reactive ketones (excluding diaryl/α,β-unsaturated/α-hetero) is 2. The molecule has 2 atom stereocenters. The Bertz CT molecular complexity index is 1180. The fourth-order valence-electron chi connectivity index (χ4n) is 3.65. The lowest BCUT2D eigenvalue weighted by molar-refractivity contribution is -0.136. The summed E-state index contributed by atoms with van der Waals surface area (Å²) in [7, 11) is -4.00. The Balaban J connectivity index is 1.82. The highest BCUT2D eigenvalue weighted by atomic mass is 32.2. The molecule has 4 rings (SSSR count). The van der Waals surface area contributed by atoms with Gasteiger partial charge in [0.15, 0.2) is 5.78 Å². The average molecular weight is 407 g/mol. The van der Waals surface area contributed by atoms with E-state index >= 15 is 0 Å². The van der Waals surface area contributed by atoms with Crippen LogP contribution in [0.3, 0.4) is 0 Å². The Kier molecular flexibility index (Phi) is 4.55. The van der Waals surface area contributed by atoms with Gasteiger partial charge in [-0.1, -0.05) is 48.5 Å². The number of carbonyl (C=O) groups excluding carboxylic acids is 3. The molecular weight excluding hydrogens is 390 g/mol. The number of fused-ring (bicyclic) bond motifs is 1. The van der Waals surface area contributed by atoms with Gasteiger partial charge in [0.2, 0.25) is 11.6 Å². The highest BCUT2D eigenvalue weighted by Gasteiger charge is 2.47. The van der Waals surface area contributed by atoms with Gasteiger partial charge in [0, 0.05) is 11.8 Å². The van der Waals surface area contributed by atoms with E-state index in [0.717, 1.165) is 10.4 Å². The van der Waals surface area contributed by atoms with E-state index in [4.69, 9.17) is 0 Å². The maximum absolute atomic E-state index is 13.3. The molecule has 1 heterocycles. The fraction of sp³-hybridized carbons (Fsp3) is 0.136. The second-order valence-electron chi connectivity index (χ2n) is 6.92. The molecule has 0 bridgehead atoms. The number of hydrogen-bond acceptors (Lipinski definition) is 5. The molecule has 2 aromatic carbocycles. The molecule has 0 N–H and O–H groups in total. The monoisotopic (exact) mass is 407 g/mol. The number of rotatable bonds is 4. The molecule has 0 saturated heterocycles. The topological polar surface area (TPSA) is 88.6 Å². The predicted molar refractivity (Wildman–Crippen MR) is 106 cm³/mol. The molecule has 0 aromatic heterocycles. The van der Waals surface area contributed by atoms with Gasteiger partial charge >= 0.3 is 0 Å². The molecule has 0 amide bonds. The van der Waals surface area contributed by atoms with E-state index in [2.05, 4.69) is 0 Å². The van der Waals surface area contributed by atoms with Crippen LogP contribution in [0.1, 0.15) is 22.8 Å². The summed E-state index contributed by atoms with van der Waals surface area (Å²) in [5, 5.41) is 0. The second-order valence-corrected chi connectivity index (χ2v) is 8.77. The molecular formula is C22H17NO5S. The van der Waals surface area contributed by atoms with Crippen molar-refractivity contribution in [2.75, 3.05) is 0 Å². The summed E-state index contributed by atoms with van der Waals surface area (Å²) in [6.45, 7) is 1.40. The molecule has 0 fully saturated rings. The SMILES string of the molecule is CC(=O)c1ccc(S(=O)(=O)N2C=C(c3ccccc3)C3C(=O)C(=O)C=CC32)cc1. The van der Waals surface area contributed by atoms with E-state index in [-0.39, 0.29) is 10.7 Å². The van der Waals surface area contributed by atoms with E-state index in [1.165, 1.54) is 43.5 Å². The molecule has 0 radical (unpaired) electrons. The molecule has 2 unspecified atom stereocenters. The third-order valence-electron chi connectivity index (χ3n) is 5.15. The van der Waals surface area contributed by atoms with Gasteiger partial charge in [-0.05, 0) is 36.3 Å². The third kappa shape index (κ3) is 3.13. The minimum atomic E-state index is -4.00. The summed E-state index contributed by atoms with van der Waals surface area (Å²) in [4.78, 5) is 36.1. The zero-order chi connectivity index (χ0) is 20.8. The summed E-state index contributed by atoms with van der Waals surface area (Å²) in [5.74, 6) is -2.32. The quantitative estimate of drug-likeness (QED) is 0.574. The number of allylic oxidation sites excluding steroid dienone is 1. The second kappa shape index (κ2) is 6.93. The largest absolute Gasteiger partial charge is 0.295 e. The van der Waals surface area contributed by atoms with Crippen molar-refractivity contribution >= 4 is 32.9 Å². The van der Waals surface area contributed by atoms with Gasteiger partial charge in [0.1, 0.15) is 0 Å². The van der Waals surface area contributed by atoms with Gasteiger partial charge in [-0.2, -0.15) is 0 Å². The highest BCUT2D eigenvalue weighted by Crippen LogP contribution is 2.41. The van der Waals surface area contributed by atoms with Crippen LogP contribution in [0.4, 0.5) is 0 Å². The molecule has 1 aliphatic carbocycles. The summed E-state index contributed by atoms with van der Waals surface area (Å²) in [5.41, 5.74) is 1.58. The summed E-state index contributed by atoms with van der Waals surface area (Å²) < 4.78 is 27.7. The number of ketones is 3. The van der Waals surface area contributed by atoms with Crippen molar-refractivity contribution in [2.45, 2.75) is 17.9 Å². The van der Waals surface area contributed by atoms with Crippen LogP contribution in [0.15, 0.2) is 77.8 Å². The van der Waals surface area contributed by atoms with Gasteiger partial charge in [0.25, 0.3) is 10.0 Å². The first-order valence-corrected chi connectivity index (χ1v) is 10.4. The number of hydrogen-bond donors (Lipinski definition) is 0. The van der Waals surface area contributed by atoms with Crippen LogP contribution in [-0.2, 0) is 19.6 Å². The van der Waals surface area contributed by atoms with E-state index in [0.29, 0.717) is 16.7 Å². The van der Waals surface area contributed by atoms with Gasteiger partial charge in [-0.3, -0.25) is 18.7 Å². The van der Waals surface area contributed by atoms with Crippen molar-refractivity contribution in [3.05, 3.63) is 84.1 Å². The number of carbonyl (C=O) groups is 3. The Labute approximate surface area is 168 Å². The number of sulfonamides is 1. The Morgan fingerprint density at radius 3 is 2.24 bits per heavy atom. The van der Waals surface area contributed by atoms with Gasteiger partial charge in [-0.15, -0.1) is 0 Å². The molecule has 146 valence electrons. The molecule has 2 aromatic rings. The number of nitrogens with zero attached hydrogens (tertiary/aromatic N) is 1. The van der Waals surface area contributed by atoms with Crippen LogP contribution < -0.4 is 0 Å². The molecule has 6 nitrogen and oxygen atoms in total. The summed E-state index contributed by atoms with van der Waals surface area (Å²) >= 11 is 0. The van der Waals surface area contributed by atoms with Gasteiger partial charge in [0.05, 0.1) is 16.9 Å². The van der Waals surface area contributed by atoms with Gasteiger partial charge in [-0.25, -0.2) is 8.42 Å². The first kappa shape index (κ1) is 19.0. The molecule has 0 spiro atoms. The minimum Gasteiger partial charge on any atom is -0.295 e. The lowest BCUT2D eigenvalue weighted by Crippen LogP contribution is -2.42. The van der Waals surface area contributed by atoms with Crippen molar-refractivity contribution in [3.8, 4) is 0 Å². The first-order chi connectivity index (χ1) is 13.8. The highest BCUT2D eigenvalue weighted by molar-refractivity contribution is 7.89. The zero-order valence-electron chi connectivity index (χ0n) is 15.5. The lowest BCUT2D eigenvalue weighted by Gasteiger charge is -2.28. The van der Waals surface area contributed by atoms with Gasteiger partial charge < -0.3 is 0 Å². The number of benzene rings is 2. The summed E-state index contributed by atoms with van der Waals surface area (Å²) in [6, 6.07) is 13.8. The lowest BCUT2D eigenvalue weighted by atomic mass is 9.82. The molecule has 1 aliphatic heterocycles. The molecule has 2 aliphatic rings. The Morgan fingerprint density at radius 1 is 0.966 bits per heavy atom. The summed E-state index contributed by atoms with van der Waals surface area (Å²) in [6.07, 6.45) is 4.02. The Hall–Kier alpha value is -3.32. The zero-order valence-corrected chi connectivity index (χ0v) is 16.3. The van der Waals surface area contributed by atoms with Crippen LogP contribution in [-0.4, -0.2) is 36.1 Å². The van der Waals surface area contributed by atoms with Crippen molar-refractivity contribution in [3.63, 3.8) is 0 Å². The average Bonchev–Trinajstić information content (AvgIpc) is 3.12. The fourth-order valence-corrected chi connectivity index (χ4v) is 5.13. The van der Waals surface area contributed by atoms with Crippen LogP contribution in [0.2, 0.25) is 0 Å². The van der Waals surface area contributed by atoms with E-state index in [1.807, 2.05) is 6.07 Å². The normalized spacial score (nSPS) is 21.1. The van der Waals surface area contributed by atoms with Crippen LogP contribution >= 0.6 is 0 Å². The molecule has 7 heteroatoms. The maximum atomic E-state index is 13.3. The van der Waals surface area contributed by atoms with Crippen molar-refractivity contribution in [1.82, 2.24) is 4.31 Å². The van der Waals surface area contributed by atoms with Crippen molar-refractivity contribution < 1.29 is 22.8 Å².